The van der Waals surface area contributed by atoms with Gasteiger partial charge in [-0.15, -0.1) is 0 Å². The molecule has 0 amide bonds. The van der Waals surface area contributed by atoms with Gasteiger partial charge in [0.1, 0.15) is 0 Å². The van der Waals surface area contributed by atoms with Gasteiger partial charge in [-0.1, -0.05) is 73.0 Å². The minimum absolute atomic E-state index is 0.613. The molecule has 2 atom stereocenters. The Bertz CT molecular complexity index is 544. The smallest absolute Gasteiger partial charge is 0.0208 e. The lowest BCUT2D eigenvalue weighted by Gasteiger charge is -2.33. The number of rotatable bonds is 4. The fourth-order valence-electron chi connectivity index (χ4n) is 3.43. The number of hydrogen-bond acceptors (Lipinski definition) is 1. The van der Waals surface area contributed by atoms with Gasteiger partial charge in [-0.25, -0.2) is 0 Å². The molecule has 0 heterocycles. The summed E-state index contributed by atoms with van der Waals surface area (Å²) in [6, 6.07) is 20.5. The summed E-state index contributed by atoms with van der Waals surface area (Å²) in [6.45, 7) is 3.12. The Hall–Kier alpha value is -1.60. The van der Waals surface area contributed by atoms with Gasteiger partial charge in [0, 0.05) is 12.6 Å². The SMILES string of the molecule is Cc1ccc(CNC2CCCCC2c2ccccc2)cc1. The Labute approximate surface area is 128 Å². The second-order valence-corrected chi connectivity index (χ2v) is 6.27. The van der Waals surface area contributed by atoms with Crippen LogP contribution in [0.3, 0.4) is 0 Å². The average Bonchev–Trinajstić information content (AvgIpc) is 2.55. The molecule has 0 spiro atoms. The molecule has 0 saturated heterocycles. The summed E-state index contributed by atoms with van der Waals surface area (Å²) in [5.74, 6) is 0.672. The molecule has 1 N–H and O–H groups in total. The number of aryl methyl sites for hydroxylation is 1. The molecular formula is C20H25N. The van der Waals surface area contributed by atoms with Crippen molar-refractivity contribution in [3.05, 3.63) is 71.3 Å². The fourth-order valence-corrected chi connectivity index (χ4v) is 3.43. The van der Waals surface area contributed by atoms with E-state index in [2.05, 4.69) is 66.8 Å². The number of nitrogens with one attached hydrogen (secondary N) is 1. The van der Waals surface area contributed by atoms with Crippen LogP contribution in [0.5, 0.6) is 0 Å². The van der Waals surface area contributed by atoms with Gasteiger partial charge < -0.3 is 5.32 Å². The molecule has 0 bridgehead atoms. The van der Waals surface area contributed by atoms with Crippen LogP contribution in [-0.2, 0) is 6.54 Å². The summed E-state index contributed by atoms with van der Waals surface area (Å²) in [4.78, 5) is 0. The van der Waals surface area contributed by atoms with Gasteiger partial charge in [-0.3, -0.25) is 0 Å². The van der Waals surface area contributed by atoms with Gasteiger partial charge in [0.25, 0.3) is 0 Å². The van der Waals surface area contributed by atoms with E-state index >= 15 is 0 Å². The van der Waals surface area contributed by atoms with E-state index in [0.717, 1.165) is 6.54 Å². The summed E-state index contributed by atoms with van der Waals surface area (Å²) in [5.41, 5.74) is 4.22. The summed E-state index contributed by atoms with van der Waals surface area (Å²) in [5, 5.41) is 3.81. The van der Waals surface area contributed by atoms with E-state index in [0.29, 0.717) is 12.0 Å². The lowest BCUT2D eigenvalue weighted by molar-refractivity contribution is 0.326. The zero-order valence-electron chi connectivity index (χ0n) is 12.9. The molecule has 3 rings (SSSR count). The van der Waals surface area contributed by atoms with Crippen LogP contribution in [0.25, 0.3) is 0 Å². The molecule has 1 fully saturated rings. The van der Waals surface area contributed by atoms with Gasteiger partial charge in [0.2, 0.25) is 0 Å². The molecule has 1 nitrogen and oxygen atoms in total. The first-order valence-corrected chi connectivity index (χ1v) is 8.17. The van der Waals surface area contributed by atoms with Crippen LogP contribution in [-0.4, -0.2) is 6.04 Å². The zero-order valence-corrected chi connectivity index (χ0v) is 12.9. The van der Waals surface area contributed by atoms with Crippen molar-refractivity contribution in [3.63, 3.8) is 0 Å². The molecule has 0 radical (unpaired) electrons. The van der Waals surface area contributed by atoms with E-state index in [4.69, 9.17) is 0 Å². The van der Waals surface area contributed by atoms with Crippen LogP contribution in [0.1, 0.15) is 48.3 Å². The summed E-state index contributed by atoms with van der Waals surface area (Å²) >= 11 is 0. The molecule has 2 aromatic rings. The van der Waals surface area contributed by atoms with Crippen LogP contribution >= 0.6 is 0 Å². The minimum atomic E-state index is 0.613. The van der Waals surface area contributed by atoms with E-state index in [-0.39, 0.29) is 0 Å². The highest BCUT2D eigenvalue weighted by Crippen LogP contribution is 2.33. The summed E-state index contributed by atoms with van der Waals surface area (Å²) in [6.07, 6.45) is 5.33. The van der Waals surface area contributed by atoms with Gasteiger partial charge in [-0.05, 0) is 36.8 Å². The highest BCUT2D eigenvalue weighted by atomic mass is 14.9. The lowest BCUT2D eigenvalue weighted by atomic mass is 9.80. The van der Waals surface area contributed by atoms with Crippen molar-refractivity contribution in [2.45, 2.75) is 51.1 Å². The van der Waals surface area contributed by atoms with E-state index in [1.165, 1.54) is 42.4 Å². The second-order valence-electron chi connectivity index (χ2n) is 6.27. The van der Waals surface area contributed by atoms with Crippen molar-refractivity contribution >= 4 is 0 Å². The van der Waals surface area contributed by atoms with Crippen LogP contribution in [0, 0.1) is 6.92 Å². The van der Waals surface area contributed by atoms with Gasteiger partial charge in [-0.2, -0.15) is 0 Å². The van der Waals surface area contributed by atoms with Crippen LogP contribution in [0.4, 0.5) is 0 Å². The third kappa shape index (κ3) is 3.74. The molecule has 1 saturated carbocycles. The molecular weight excluding hydrogens is 254 g/mol. The molecule has 1 aliphatic carbocycles. The highest BCUT2D eigenvalue weighted by molar-refractivity contribution is 5.23. The Balaban J connectivity index is 1.66. The number of benzene rings is 2. The molecule has 2 unspecified atom stereocenters. The first kappa shape index (κ1) is 14.3. The lowest BCUT2D eigenvalue weighted by Crippen LogP contribution is -2.36. The maximum atomic E-state index is 3.81. The molecule has 0 aliphatic heterocycles. The second kappa shape index (κ2) is 6.91. The maximum absolute atomic E-state index is 3.81. The monoisotopic (exact) mass is 279 g/mol. The largest absolute Gasteiger partial charge is 0.309 e. The normalized spacial score (nSPS) is 22.1. The first-order chi connectivity index (χ1) is 10.3. The van der Waals surface area contributed by atoms with E-state index in [9.17, 15) is 0 Å². The van der Waals surface area contributed by atoms with E-state index < -0.39 is 0 Å². The maximum Gasteiger partial charge on any atom is 0.0208 e. The molecule has 1 aliphatic rings. The minimum Gasteiger partial charge on any atom is -0.309 e. The van der Waals surface area contributed by atoms with Crippen LogP contribution in [0.2, 0.25) is 0 Å². The quantitative estimate of drug-likeness (QED) is 0.846. The van der Waals surface area contributed by atoms with Crippen molar-refractivity contribution < 1.29 is 0 Å². The first-order valence-electron chi connectivity index (χ1n) is 8.17. The van der Waals surface area contributed by atoms with Crippen molar-refractivity contribution in [2.24, 2.45) is 0 Å². The van der Waals surface area contributed by atoms with Crippen LogP contribution in [0.15, 0.2) is 54.6 Å². The highest BCUT2D eigenvalue weighted by Gasteiger charge is 2.25. The molecule has 21 heavy (non-hydrogen) atoms. The Morgan fingerprint density at radius 2 is 1.62 bits per heavy atom. The topological polar surface area (TPSA) is 12.0 Å². The third-order valence-corrected chi connectivity index (χ3v) is 4.68. The van der Waals surface area contributed by atoms with Crippen molar-refractivity contribution in [3.8, 4) is 0 Å². The zero-order chi connectivity index (χ0) is 14.5. The Kier molecular flexibility index (Phi) is 4.72. The predicted octanol–water partition coefficient (Wildman–Crippen LogP) is 4.81. The van der Waals surface area contributed by atoms with E-state index in [1.54, 1.807) is 0 Å². The van der Waals surface area contributed by atoms with E-state index in [1.807, 2.05) is 0 Å². The summed E-state index contributed by atoms with van der Waals surface area (Å²) < 4.78 is 0. The van der Waals surface area contributed by atoms with Gasteiger partial charge in [0.05, 0.1) is 0 Å². The number of hydrogen-bond donors (Lipinski definition) is 1. The van der Waals surface area contributed by atoms with Gasteiger partial charge in [0.15, 0.2) is 0 Å². The van der Waals surface area contributed by atoms with Crippen LogP contribution < -0.4 is 5.32 Å². The Morgan fingerprint density at radius 1 is 0.905 bits per heavy atom. The van der Waals surface area contributed by atoms with Gasteiger partial charge >= 0.3 is 0 Å². The molecule has 2 aromatic carbocycles. The standard InChI is InChI=1S/C20H25N/c1-16-11-13-17(14-12-16)15-21-20-10-6-5-9-19(20)18-7-3-2-4-8-18/h2-4,7-8,11-14,19-21H,5-6,9-10,15H2,1H3. The van der Waals surface area contributed by atoms with Crippen molar-refractivity contribution in [1.29, 1.82) is 0 Å². The predicted molar refractivity (Wildman–Crippen MR) is 89.5 cm³/mol. The average molecular weight is 279 g/mol. The Morgan fingerprint density at radius 3 is 2.38 bits per heavy atom. The summed E-state index contributed by atoms with van der Waals surface area (Å²) in [7, 11) is 0. The third-order valence-electron chi connectivity index (χ3n) is 4.68. The van der Waals surface area contributed by atoms with Crippen molar-refractivity contribution in [1.82, 2.24) is 5.32 Å². The van der Waals surface area contributed by atoms with Crippen molar-refractivity contribution in [2.75, 3.05) is 0 Å². The molecule has 110 valence electrons. The molecule has 0 aromatic heterocycles. The molecule has 1 heteroatoms. The fraction of sp³-hybridized carbons (Fsp3) is 0.400.